The number of aryl methyl sites for hydroxylation is 1. The van der Waals surface area contributed by atoms with Gasteiger partial charge in [-0.2, -0.15) is 0 Å². The van der Waals surface area contributed by atoms with E-state index in [1.807, 2.05) is 30.3 Å². The van der Waals surface area contributed by atoms with Crippen LogP contribution < -0.4 is 0 Å². The van der Waals surface area contributed by atoms with E-state index in [-0.39, 0.29) is 5.75 Å². The van der Waals surface area contributed by atoms with Gasteiger partial charge in [-0.25, -0.2) is 9.98 Å². The topological polar surface area (TPSA) is 50.4 Å². The highest BCUT2D eigenvalue weighted by Crippen LogP contribution is 2.31. The van der Waals surface area contributed by atoms with Crippen molar-refractivity contribution in [1.29, 1.82) is 0 Å². The molecule has 0 spiro atoms. The first kappa shape index (κ1) is 22.0. The number of fused-ring (bicyclic) bond motifs is 1. The molecule has 1 aromatic heterocycles. The molecule has 0 radical (unpaired) electrons. The van der Waals surface area contributed by atoms with Crippen LogP contribution in [0.4, 0.5) is 5.95 Å². The molecule has 6 heteroatoms. The fraction of sp³-hybridized carbons (Fsp3) is 0.391. The molecular weight excluding hydrogens is 494 g/mol. The molecule has 0 amide bonds. The molecule has 0 fully saturated rings. The highest BCUT2D eigenvalue weighted by Gasteiger charge is 2.10. The Bertz CT molecular complexity index is 982. The van der Waals surface area contributed by atoms with E-state index in [2.05, 4.69) is 54.4 Å². The average Bonchev–Trinajstić information content (AvgIpc) is 3.06. The Hall–Kier alpha value is -1.66. The molecular formula is C23H27Br2N3O. The van der Waals surface area contributed by atoms with Gasteiger partial charge in [0.05, 0.1) is 15.5 Å². The summed E-state index contributed by atoms with van der Waals surface area (Å²) in [5, 5.41) is 10.3. The molecule has 3 rings (SSSR count). The predicted molar refractivity (Wildman–Crippen MR) is 128 cm³/mol. The molecule has 0 aliphatic rings. The number of imidazole rings is 1. The van der Waals surface area contributed by atoms with Gasteiger partial charge in [-0.05, 0) is 46.6 Å². The van der Waals surface area contributed by atoms with Crippen LogP contribution in [0, 0.1) is 0 Å². The molecule has 29 heavy (non-hydrogen) atoms. The van der Waals surface area contributed by atoms with Crippen LogP contribution >= 0.6 is 31.9 Å². The van der Waals surface area contributed by atoms with E-state index in [0.717, 1.165) is 28.5 Å². The number of rotatable bonds is 10. The van der Waals surface area contributed by atoms with Crippen molar-refractivity contribution >= 4 is 55.1 Å². The zero-order chi connectivity index (χ0) is 20.6. The van der Waals surface area contributed by atoms with Crippen molar-refractivity contribution in [2.75, 3.05) is 0 Å². The summed E-state index contributed by atoms with van der Waals surface area (Å²) in [7, 11) is 0. The summed E-state index contributed by atoms with van der Waals surface area (Å²) in [6.07, 6.45) is 10.6. The maximum absolute atomic E-state index is 10.3. The monoisotopic (exact) mass is 519 g/mol. The Kier molecular flexibility index (Phi) is 8.30. The van der Waals surface area contributed by atoms with Crippen LogP contribution in [0.2, 0.25) is 0 Å². The second-order valence-electron chi connectivity index (χ2n) is 7.26. The number of phenolic OH excluding ortho intramolecular Hbond substituents is 1. The molecule has 0 bridgehead atoms. The van der Waals surface area contributed by atoms with Gasteiger partial charge < -0.3 is 9.67 Å². The molecule has 0 aliphatic heterocycles. The first-order valence-electron chi connectivity index (χ1n) is 10.3. The lowest BCUT2D eigenvalue weighted by Crippen LogP contribution is -1.98. The summed E-state index contributed by atoms with van der Waals surface area (Å²) in [4.78, 5) is 9.32. The first-order chi connectivity index (χ1) is 14.1. The van der Waals surface area contributed by atoms with Crippen LogP contribution in [0.15, 0.2) is 50.3 Å². The van der Waals surface area contributed by atoms with Crippen LogP contribution in [0.5, 0.6) is 5.75 Å². The molecule has 1 N–H and O–H groups in total. The zero-order valence-corrected chi connectivity index (χ0v) is 19.9. The Morgan fingerprint density at radius 1 is 1.03 bits per heavy atom. The third-order valence-electron chi connectivity index (χ3n) is 5.00. The normalized spacial score (nSPS) is 11.7. The second-order valence-corrected chi connectivity index (χ2v) is 9.03. The number of phenols is 1. The molecule has 0 aliphatic carbocycles. The molecule has 0 atom stereocenters. The SMILES string of the molecule is CCCCCCCCCn1c(/N=C/c2cc(Br)cc(Br)c2O)nc2ccccc21. The number of unbranched alkanes of at least 4 members (excludes halogenated alkanes) is 6. The molecule has 3 aromatic rings. The fourth-order valence-corrected chi connectivity index (χ4v) is 4.68. The third-order valence-corrected chi connectivity index (χ3v) is 6.06. The van der Waals surface area contributed by atoms with Crippen molar-refractivity contribution in [3.63, 3.8) is 0 Å². The van der Waals surface area contributed by atoms with Crippen molar-refractivity contribution in [1.82, 2.24) is 9.55 Å². The minimum atomic E-state index is 0.173. The van der Waals surface area contributed by atoms with E-state index in [9.17, 15) is 5.11 Å². The van der Waals surface area contributed by atoms with Gasteiger partial charge >= 0.3 is 0 Å². The number of hydrogen-bond acceptors (Lipinski definition) is 3. The van der Waals surface area contributed by atoms with Gasteiger partial charge in [0.25, 0.3) is 0 Å². The standard InChI is InChI=1S/C23H27Br2N3O/c1-2-3-4-5-6-7-10-13-28-21-12-9-8-11-20(21)27-23(28)26-16-17-14-18(24)15-19(25)22(17)29/h8-9,11-12,14-16,29H,2-7,10,13H2,1H3/b26-16+. The molecule has 0 unspecified atom stereocenters. The molecule has 1 heterocycles. The number of hydrogen-bond donors (Lipinski definition) is 1. The highest BCUT2D eigenvalue weighted by atomic mass is 79.9. The number of aromatic nitrogens is 2. The summed E-state index contributed by atoms with van der Waals surface area (Å²) in [6, 6.07) is 11.8. The van der Waals surface area contributed by atoms with Crippen molar-refractivity contribution in [2.24, 2.45) is 4.99 Å². The van der Waals surface area contributed by atoms with Crippen molar-refractivity contribution in [3.05, 3.63) is 50.9 Å². The average molecular weight is 521 g/mol. The minimum Gasteiger partial charge on any atom is -0.506 e. The lowest BCUT2D eigenvalue weighted by atomic mass is 10.1. The van der Waals surface area contributed by atoms with Crippen molar-refractivity contribution in [3.8, 4) is 5.75 Å². The predicted octanol–water partition coefficient (Wildman–Crippen LogP) is 7.77. The number of para-hydroxylation sites is 2. The molecule has 0 saturated heterocycles. The Morgan fingerprint density at radius 3 is 2.55 bits per heavy atom. The Morgan fingerprint density at radius 2 is 1.76 bits per heavy atom. The van der Waals surface area contributed by atoms with Crippen LogP contribution in [0.3, 0.4) is 0 Å². The maximum Gasteiger partial charge on any atom is 0.230 e. The first-order valence-corrected chi connectivity index (χ1v) is 11.9. The van der Waals surface area contributed by atoms with E-state index >= 15 is 0 Å². The van der Waals surface area contributed by atoms with Crippen LogP contribution in [-0.2, 0) is 6.54 Å². The largest absolute Gasteiger partial charge is 0.506 e. The van der Waals surface area contributed by atoms with Gasteiger partial charge in [0.1, 0.15) is 5.75 Å². The van der Waals surface area contributed by atoms with Gasteiger partial charge in [-0.1, -0.05) is 73.5 Å². The van der Waals surface area contributed by atoms with E-state index in [1.165, 1.54) is 38.5 Å². The van der Waals surface area contributed by atoms with Gasteiger partial charge in [0, 0.05) is 22.8 Å². The van der Waals surface area contributed by atoms with Crippen molar-refractivity contribution in [2.45, 2.75) is 58.4 Å². The summed E-state index contributed by atoms with van der Waals surface area (Å²) >= 11 is 6.82. The number of nitrogens with zero attached hydrogens (tertiary/aromatic N) is 3. The van der Waals surface area contributed by atoms with Gasteiger partial charge in [-0.3, -0.25) is 0 Å². The third kappa shape index (κ3) is 5.92. The van der Waals surface area contributed by atoms with Crippen LogP contribution in [-0.4, -0.2) is 20.9 Å². The smallest absolute Gasteiger partial charge is 0.230 e. The second kappa shape index (κ2) is 10.9. The number of halogens is 2. The molecule has 4 nitrogen and oxygen atoms in total. The molecule has 0 saturated carbocycles. The zero-order valence-electron chi connectivity index (χ0n) is 16.7. The maximum atomic E-state index is 10.3. The van der Waals surface area contributed by atoms with E-state index in [0.29, 0.717) is 16.0 Å². The molecule has 2 aromatic carbocycles. The summed E-state index contributed by atoms with van der Waals surface area (Å²) in [5.41, 5.74) is 2.69. The number of aromatic hydroxyl groups is 1. The van der Waals surface area contributed by atoms with Gasteiger partial charge in [-0.15, -0.1) is 0 Å². The summed E-state index contributed by atoms with van der Waals surface area (Å²) < 4.78 is 3.69. The lowest BCUT2D eigenvalue weighted by molar-refractivity contribution is 0.471. The van der Waals surface area contributed by atoms with Crippen LogP contribution in [0.1, 0.15) is 57.4 Å². The van der Waals surface area contributed by atoms with E-state index in [1.54, 1.807) is 6.21 Å². The van der Waals surface area contributed by atoms with Gasteiger partial charge in [0.2, 0.25) is 5.95 Å². The minimum absolute atomic E-state index is 0.173. The number of aliphatic imine (C=N–C) groups is 1. The lowest BCUT2D eigenvalue weighted by Gasteiger charge is -2.07. The van der Waals surface area contributed by atoms with E-state index < -0.39 is 0 Å². The van der Waals surface area contributed by atoms with Gasteiger partial charge in [0.15, 0.2) is 0 Å². The summed E-state index contributed by atoms with van der Waals surface area (Å²) in [5.74, 6) is 0.847. The molecule has 154 valence electrons. The fourth-order valence-electron chi connectivity index (χ4n) is 3.42. The highest BCUT2D eigenvalue weighted by molar-refractivity contribution is 9.11. The number of benzene rings is 2. The van der Waals surface area contributed by atoms with E-state index in [4.69, 9.17) is 4.98 Å². The Labute approximate surface area is 189 Å². The Balaban J connectivity index is 1.76. The summed E-state index contributed by atoms with van der Waals surface area (Å²) in [6.45, 7) is 3.15. The quantitative estimate of drug-likeness (QED) is 0.219. The van der Waals surface area contributed by atoms with Crippen molar-refractivity contribution < 1.29 is 5.11 Å². The van der Waals surface area contributed by atoms with Crippen LogP contribution in [0.25, 0.3) is 11.0 Å².